The molecule has 0 aliphatic heterocycles. The van der Waals surface area contributed by atoms with E-state index in [9.17, 15) is 0 Å². The summed E-state index contributed by atoms with van der Waals surface area (Å²) >= 11 is 5.75. The van der Waals surface area contributed by atoms with Crippen LogP contribution in [0.15, 0.2) is 0 Å². The summed E-state index contributed by atoms with van der Waals surface area (Å²) in [4.78, 5) is 0. The Kier molecular flexibility index (Phi) is 4.35. The second-order valence-corrected chi connectivity index (χ2v) is 3.89. The van der Waals surface area contributed by atoms with Crippen LogP contribution in [0.1, 0.15) is 25.2 Å². The molecule has 1 aromatic rings. The fourth-order valence-electron chi connectivity index (χ4n) is 1.26. The first-order valence-electron chi connectivity index (χ1n) is 4.65. The highest BCUT2D eigenvalue weighted by Crippen LogP contribution is 2.11. The lowest BCUT2D eigenvalue weighted by Crippen LogP contribution is -2.11. The zero-order chi connectivity index (χ0) is 10.6. The molecular formula is C9H16ClN3O. The molecule has 0 aliphatic carbocycles. The Hall–Kier alpha value is -0.610. The maximum atomic E-state index is 5.75. The predicted molar refractivity (Wildman–Crippen MR) is 55.1 cm³/mol. The molecule has 0 N–H and O–H groups in total. The van der Waals surface area contributed by atoms with E-state index < -0.39 is 0 Å². The fraction of sp³-hybridized carbons (Fsp3) is 0.778. The molecule has 0 aromatic carbocycles. The van der Waals surface area contributed by atoms with E-state index in [1.165, 1.54) is 0 Å². The van der Waals surface area contributed by atoms with Gasteiger partial charge in [0.25, 0.3) is 0 Å². The van der Waals surface area contributed by atoms with Crippen molar-refractivity contribution < 1.29 is 4.74 Å². The molecule has 0 bridgehead atoms. The zero-order valence-corrected chi connectivity index (χ0v) is 9.58. The van der Waals surface area contributed by atoms with Gasteiger partial charge in [-0.1, -0.05) is 19.1 Å². The van der Waals surface area contributed by atoms with Crippen molar-refractivity contribution in [3.05, 3.63) is 11.4 Å². The van der Waals surface area contributed by atoms with Crippen LogP contribution in [-0.4, -0.2) is 22.1 Å². The van der Waals surface area contributed by atoms with E-state index >= 15 is 0 Å². The molecule has 0 fully saturated rings. The number of ether oxygens (including phenoxy) is 1. The van der Waals surface area contributed by atoms with Crippen LogP contribution >= 0.6 is 11.6 Å². The highest BCUT2D eigenvalue weighted by molar-refractivity contribution is 6.16. The van der Waals surface area contributed by atoms with E-state index in [1.54, 1.807) is 7.11 Å². The largest absolute Gasteiger partial charge is 0.378 e. The number of halogens is 1. The van der Waals surface area contributed by atoms with E-state index in [0.29, 0.717) is 18.4 Å². The number of alkyl halides is 1. The third-order valence-corrected chi connectivity index (χ3v) is 2.12. The predicted octanol–water partition coefficient (Wildman–Crippen LogP) is 1.82. The van der Waals surface area contributed by atoms with E-state index in [1.807, 2.05) is 4.68 Å². The standard InChI is InChI=1S/C9H16ClN3O/c1-7(2)5-13-9(6-14-3)8(4-10)11-12-13/h7H,4-6H2,1-3H3. The summed E-state index contributed by atoms with van der Waals surface area (Å²) in [6, 6.07) is 0. The van der Waals surface area contributed by atoms with E-state index in [4.69, 9.17) is 16.3 Å². The number of nitrogens with zero attached hydrogens (tertiary/aromatic N) is 3. The van der Waals surface area contributed by atoms with E-state index in [0.717, 1.165) is 17.9 Å². The van der Waals surface area contributed by atoms with Gasteiger partial charge in [0.2, 0.25) is 0 Å². The molecule has 0 saturated heterocycles. The maximum Gasteiger partial charge on any atom is 0.103 e. The van der Waals surface area contributed by atoms with Gasteiger partial charge in [-0.05, 0) is 5.92 Å². The quantitative estimate of drug-likeness (QED) is 0.707. The Balaban J connectivity index is 2.86. The summed E-state index contributed by atoms with van der Waals surface area (Å²) in [7, 11) is 1.66. The van der Waals surface area contributed by atoms with Crippen LogP contribution in [0.3, 0.4) is 0 Å². The molecule has 1 aromatic heterocycles. The summed E-state index contributed by atoms with van der Waals surface area (Å²) in [6.07, 6.45) is 0. The third-order valence-electron chi connectivity index (χ3n) is 1.86. The van der Waals surface area contributed by atoms with Gasteiger partial charge in [0.05, 0.1) is 18.2 Å². The van der Waals surface area contributed by atoms with E-state index in [2.05, 4.69) is 24.2 Å². The van der Waals surface area contributed by atoms with Crippen LogP contribution in [0.2, 0.25) is 0 Å². The number of hydrogen-bond donors (Lipinski definition) is 0. The number of aromatic nitrogens is 3. The van der Waals surface area contributed by atoms with Crippen LogP contribution in [0.4, 0.5) is 0 Å². The smallest absolute Gasteiger partial charge is 0.103 e. The van der Waals surface area contributed by atoms with Crippen molar-refractivity contribution in [2.75, 3.05) is 7.11 Å². The molecule has 80 valence electrons. The molecule has 4 nitrogen and oxygen atoms in total. The molecule has 5 heteroatoms. The summed E-state index contributed by atoms with van der Waals surface area (Å²) in [5.74, 6) is 0.923. The van der Waals surface area contributed by atoms with Crippen LogP contribution in [0.5, 0.6) is 0 Å². The summed E-state index contributed by atoms with van der Waals surface area (Å²) in [5.41, 5.74) is 1.80. The number of methoxy groups -OCH3 is 1. The average molecular weight is 218 g/mol. The molecule has 1 heterocycles. The highest BCUT2D eigenvalue weighted by Gasteiger charge is 2.12. The van der Waals surface area contributed by atoms with Crippen molar-refractivity contribution in [1.82, 2.24) is 15.0 Å². The van der Waals surface area contributed by atoms with E-state index in [-0.39, 0.29) is 0 Å². The molecule has 14 heavy (non-hydrogen) atoms. The number of rotatable bonds is 5. The Morgan fingerprint density at radius 3 is 2.71 bits per heavy atom. The van der Waals surface area contributed by atoms with Crippen molar-refractivity contribution in [3.8, 4) is 0 Å². The van der Waals surface area contributed by atoms with Crippen molar-refractivity contribution in [1.29, 1.82) is 0 Å². The summed E-state index contributed by atoms with van der Waals surface area (Å²) in [6.45, 7) is 5.64. The normalized spacial score (nSPS) is 11.2. The van der Waals surface area contributed by atoms with Crippen LogP contribution in [0, 0.1) is 5.92 Å². The fourth-order valence-corrected chi connectivity index (χ4v) is 1.47. The average Bonchev–Trinajstić information content (AvgIpc) is 2.48. The van der Waals surface area contributed by atoms with Gasteiger partial charge in [0, 0.05) is 13.7 Å². The van der Waals surface area contributed by atoms with Crippen molar-refractivity contribution in [2.45, 2.75) is 32.9 Å². The Labute approximate surface area is 89.2 Å². The van der Waals surface area contributed by atoms with Gasteiger partial charge in [-0.3, -0.25) is 0 Å². The van der Waals surface area contributed by atoms with Gasteiger partial charge in [0.15, 0.2) is 0 Å². The van der Waals surface area contributed by atoms with Crippen LogP contribution in [-0.2, 0) is 23.8 Å². The van der Waals surface area contributed by atoms with Crippen molar-refractivity contribution in [3.63, 3.8) is 0 Å². The third kappa shape index (κ3) is 2.69. The first kappa shape index (κ1) is 11.5. The molecular weight excluding hydrogens is 202 g/mol. The molecule has 0 unspecified atom stereocenters. The SMILES string of the molecule is COCc1c(CCl)nnn1CC(C)C. The minimum atomic E-state index is 0.386. The highest BCUT2D eigenvalue weighted by atomic mass is 35.5. The lowest BCUT2D eigenvalue weighted by atomic mass is 10.2. The topological polar surface area (TPSA) is 39.9 Å². The summed E-state index contributed by atoms with van der Waals surface area (Å²) < 4.78 is 6.96. The summed E-state index contributed by atoms with van der Waals surface area (Å²) in [5, 5.41) is 8.06. The van der Waals surface area contributed by atoms with Crippen molar-refractivity contribution >= 4 is 11.6 Å². The first-order valence-corrected chi connectivity index (χ1v) is 5.18. The lowest BCUT2D eigenvalue weighted by Gasteiger charge is -2.08. The molecule has 0 atom stereocenters. The van der Waals surface area contributed by atoms with Gasteiger partial charge in [-0.25, -0.2) is 4.68 Å². The molecule has 0 saturated carbocycles. The second-order valence-electron chi connectivity index (χ2n) is 3.63. The Morgan fingerprint density at radius 1 is 1.50 bits per heavy atom. The zero-order valence-electron chi connectivity index (χ0n) is 8.83. The Morgan fingerprint density at radius 2 is 2.21 bits per heavy atom. The van der Waals surface area contributed by atoms with Gasteiger partial charge in [-0.15, -0.1) is 16.7 Å². The molecule has 0 amide bonds. The molecule has 0 spiro atoms. The number of hydrogen-bond acceptors (Lipinski definition) is 3. The maximum absolute atomic E-state index is 5.75. The van der Waals surface area contributed by atoms with Gasteiger partial charge in [0.1, 0.15) is 5.69 Å². The second kappa shape index (κ2) is 5.32. The van der Waals surface area contributed by atoms with Gasteiger partial charge < -0.3 is 4.74 Å². The lowest BCUT2D eigenvalue weighted by molar-refractivity contribution is 0.174. The van der Waals surface area contributed by atoms with Gasteiger partial charge in [-0.2, -0.15) is 0 Å². The molecule has 0 aliphatic rings. The van der Waals surface area contributed by atoms with Gasteiger partial charge >= 0.3 is 0 Å². The van der Waals surface area contributed by atoms with Crippen LogP contribution < -0.4 is 0 Å². The minimum absolute atomic E-state index is 0.386. The van der Waals surface area contributed by atoms with Crippen LogP contribution in [0.25, 0.3) is 0 Å². The molecule has 0 radical (unpaired) electrons. The Bertz CT molecular complexity index is 286. The minimum Gasteiger partial charge on any atom is -0.378 e. The van der Waals surface area contributed by atoms with Crippen molar-refractivity contribution in [2.24, 2.45) is 5.92 Å². The first-order chi connectivity index (χ1) is 6.69. The monoisotopic (exact) mass is 217 g/mol. The molecule has 1 rings (SSSR count).